The van der Waals surface area contributed by atoms with Crippen molar-refractivity contribution in [2.24, 2.45) is 4.99 Å². The third-order valence-corrected chi connectivity index (χ3v) is 4.90. The van der Waals surface area contributed by atoms with E-state index in [0.717, 1.165) is 19.2 Å². The summed E-state index contributed by atoms with van der Waals surface area (Å²) in [5.41, 5.74) is 1.76. The van der Waals surface area contributed by atoms with Crippen LogP contribution < -0.4 is 9.47 Å². The molecule has 5 nitrogen and oxygen atoms in total. The Morgan fingerprint density at radius 2 is 1.83 bits per heavy atom. The van der Waals surface area contributed by atoms with Crippen molar-refractivity contribution in [1.82, 2.24) is 0 Å². The van der Waals surface area contributed by atoms with Crippen molar-refractivity contribution in [3.8, 4) is 11.5 Å². The number of esters is 1. The number of rotatable bonds is 2. The van der Waals surface area contributed by atoms with Gasteiger partial charge in [0.1, 0.15) is 0 Å². The van der Waals surface area contributed by atoms with Gasteiger partial charge in [0.15, 0.2) is 17.2 Å². The van der Waals surface area contributed by atoms with E-state index in [1.807, 2.05) is 24.3 Å². The van der Waals surface area contributed by atoms with Crippen molar-refractivity contribution in [3.05, 3.63) is 61.3 Å². The maximum Gasteiger partial charge on any atom is 0.363 e. The Morgan fingerprint density at radius 1 is 1.12 bits per heavy atom. The van der Waals surface area contributed by atoms with Gasteiger partial charge in [0, 0.05) is 13.6 Å². The molecule has 0 unspecified atom stereocenters. The second kappa shape index (κ2) is 6.21. The quantitative estimate of drug-likeness (QED) is 0.355. The molecule has 0 amide bonds. The highest BCUT2D eigenvalue weighted by Gasteiger charge is 2.25. The number of fused-ring (bicyclic) bond motifs is 1. The zero-order valence-corrected chi connectivity index (χ0v) is 15.8. The largest absolute Gasteiger partial charge is 0.454 e. The molecule has 0 spiro atoms. The normalized spacial score (nSPS) is 17.2. The molecule has 0 atom stereocenters. The molecule has 0 saturated carbocycles. The molecule has 2 aromatic carbocycles. The predicted octanol–water partition coefficient (Wildman–Crippen LogP) is 4.13. The van der Waals surface area contributed by atoms with Crippen LogP contribution in [0.4, 0.5) is 0 Å². The summed E-state index contributed by atoms with van der Waals surface area (Å²) in [5, 5.41) is 0. The average Bonchev–Trinajstić information content (AvgIpc) is 3.15. The first-order valence-corrected chi connectivity index (χ1v) is 8.85. The van der Waals surface area contributed by atoms with Gasteiger partial charge in [0.05, 0.1) is 0 Å². The summed E-state index contributed by atoms with van der Waals surface area (Å²) in [5.74, 6) is 1.13. The molecule has 0 N–H and O–H groups in total. The molecule has 4 rings (SSSR count). The van der Waals surface area contributed by atoms with Crippen LogP contribution in [0.2, 0.25) is 0 Å². The van der Waals surface area contributed by atoms with Crippen LogP contribution in [0.3, 0.4) is 0 Å². The maximum atomic E-state index is 12.1. The van der Waals surface area contributed by atoms with Crippen molar-refractivity contribution in [2.75, 3.05) is 6.79 Å². The van der Waals surface area contributed by atoms with E-state index in [-0.39, 0.29) is 12.5 Å². The fourth-order valence-corrected chi connectivity index (χ4v) is 3.11. The Hall–Kier alpha value is -1.87. The minimum atomic E-state index is -0.479. The Morgan fingerprint density at radius 3 is 2.58 bits per heavy atom. The first-order chi connectivity index (χ1) is 11.6. The number of halogens is 2. The number of ether oxygens (including phenoxy) is 3. The van der Waals surface area contributed by atoms with Crippen molar-refractivity contribution < 1.29 is 19.0 Å². The van der Waals surface area contributed by atoms with Gasteiger partial charge in [-0.2, -0.15) is 0 Å². The van der Waals surface area contributed by atoms with Crippen molar-refractivity contribution in [3.63, 3.8) is 0 Å². The Kier molecular flexibility index (Phi) is 4.05. The van der Waals surface area contributed by atoms with Crippen LogP contribution in [-0.2, 0) is 9.53 Å². The van der Waals surface area contributed by atoms with Crippen molar-refractivity contribution in [1.29, 1.82) is 0 Å². The van der Waals surface area contributed by atoms with E-state index in [1.54, 1.807) is 18.2 Å². The second-order valence-corrected chi connectivity index (χ2v) is 7.17. The van der Waals surface area contributed by atoms with Gasteiger partial charge in [-0.15, -0.1) is 0 Å². The number of carbonyl (C=O) groups excluding carboxylic acids is 1. The molecule has 2 aromatic rings. The molecular formula is C17H9BrINO4. The number of hydrogen-bond acceptors (Lipinski definition) is 5. The number of cyclic esters (lactones) is 1. The third kappa shape index (κ3) is 2.93. The number of carbonyl (C=O) groups is 1. The van der Waals surface area contributed by atoms with Gasteiger partial charge < -0.3 is 14.2 Å². The van der Waals surface area contributed by atoms with Crippen LogP contribution >= 0.6 is 38.5 Å². The fourth-order valence-electron chi connectivity index (χ4n) is 2.32. The van der Waals surface area contributed by atoms with E-state index in [0.29, 0.717) is 17.4 Å². The van der Waals surface area contributed by atoms with Gasteiger partial charge in [-0.1, -0.05) is 15.9 Å². The maximum absolute atomic E-state index is 12.1. The highest BCUT2D eigenvalue weighted by Crippen LogP contribution is 2.38. The number of benzene rings is 2. The molecule has 7 heteroatoms. The van der Waals surface area contributed by atoms with Crippen LogP contribution in [0.1, 0.15) is 11.1 Å². The van der Waals surface area contributed by atoms with Gasteiger partial charge in [0.2, 0.25) is 12.7 Å². The fraction of sp³-hybridized carbons (Fsp3) is 0.0588. The summed E-state index contributed by atoms with van der Waals surface area (Å²) >= 11 is 5.68. The average molecular weight is 498 g/mol. The Labute approximate surface area is 159 Å². The van der Waals surface area contributed by atoms with Crippen molar-refractivity contribution in [2.45, 2.75) is 0 Å². The molecule has 0 aromatic heterocycles. The Bertz CT molecular complexity index is 906. The highest BCUT2D eigenvalue weighted by molar-refractivity contribution is 14.1. The number of nitrogens with zero attached hydrogens (tertiary/aromatic N) is 1. The molecule has 120 valence electrons. The third-order valence-electron chi connectivity index (χ3n) is 3.50. The van der Waals surface area contributed by atoms with E-state index in [9.17, 15) is 4.79 Å². The van der Waals surface area contributed by atoms with E-state index >= 15 is 0 Å². The monoisotopic (exact) mass is 497 g/mol. The standard InChI is InChI=1S/C17H9BrINO4/c18-12-7-15-14(22-8-23-15)6-10(12)5-13-17(21)24-16(20-13)9-1-3-11(19)4-2-9/h1-7H,8H2. The molecule has 24 heavy (non-hydrogen) atoms. The van der Waals surface area contributed by atoms with Crippen LogP contribution in [-0.4, -0.2) is 18.7 Å². The zero-order chi connectivity index (χ0) is 16.7. The summed E-state index contributed by atoms with van der Waals surface area (Å²) in [7, 11) is 0. The van der Waals surface area contributed by atoms with Crippen LogP contribution in [0.15, 0.2) is 51.6 Å². The van der Waals surface area contributed by atoms with Gasteiger partial charge in [-0.3, -0.25) is 0 Å². The van der Waals surface area contributed by atoms with E-state index in [2.05, 4.69) is 43.5 Å². The summed E-state index contributed by atoms with van der Waals surface area (Å²) in [4.78, 5) is 16.4. The highest BCUT2D eigenvalue weighted by atomic mass is 127. The van der Waals surface area contributed by atoms with Crippen LogP contribution in [0, 0.1) is 3.57 Å². The Balaban J connectivity index is 1.70. The van der Waals surface area contributed by atoms with Crippen LogP contribution in [0.25, 0.3) is 6.08 Å². The molecular weight excluding hydrogens is 489 g/mol. The molecule has 0 bridgehead atoms. The van der Waals surface area contributed by atoms with E-state index in [1.165, 1.54) is 0 Å². The molecule has 0 radical (unpaired) electrons. The summed E-state index contributed by atoms with van der Waals surface area (Å²) in [6.07, 6.45) is 1.66. The molecule has 0 aliphatic carbocycles. The molecule has 2 heterocycles. The lowest BCUT2D eigenvalue weighted by atomic mass is 10.1. The number of aliphatic imine (C=N–C) groups is 1. The lowest BCUT2D eigenvalue weighted by Crippen LogP contribution is -2.05. The number of hydrogen-bond donors (Lipinski definition) is 0. The van der Waals surface area contributed by atoms with Gasteiger partial charge in [-0.25, -0.2) is 9.79 Å². The molecule has 0 saturated heterocycles. The topological polar surface area (TPSA) is 57.1 Å². The first-order valence-electron chi connectivity index (χ1n) is 6.98. The van der Waals surface area contributed by atoms with Gasteiger partial charge >= 0.3 is 5.97 Å². The second-order valence-electron chi connectivity index (χ2n) is 5.07. The molecule has 2 aliphatic heterocycles. The van der Waals surface area contributed by atoms with Gasteiger partial charge in [-0.05, 0) is 70.6 Å². The lowest BCUT2D eigenvalue weighted by Gasteiger charge is -2.02. The van der Waals surface area contributed by atoms with Crippen molar-refractivity contribution >= 4 is 56.5 Å². The summed E-state index contributed by atoms with van der Waals surface area (Å²) in [6.45, 7) is 0.193. The molecule has 2 aliphatic rings. The summed E-state index contributed by atoms with van der Waals surface area (Å²) < 4.78 is 17.8. The molecule has 0 fully saturated rings. The van der Waals surface area contributed by atoms with E-state index < -0.39 is 5.97 Å². The first kappa shape index (κ1) is 15.6. The minimum absolute atomic E-state index is 0.193. The zero-order valence-electron chi connectivity index (χ0n) is 12.1. The van der Waals surface area contributed by atoms with E-state index in [4.69, 9.17) is 14.2 Å². The summed E-state index contributed by atoms with van der Waals surface area (Å²) in [6, 6.07) is 11.2. The minimum Gasteiger partial charge on any atom is -0.454 e. The smallest absolute Gasteiger partial charge is 0.363 e. The van der Waals surface area contributed by atoms with Gasteiger partial charge in [0.25, 0.3) is 0 Å². The SMILES string of the molecule is O=C1OC(c2ccc(I)cc2)=NC1=Cc1cc2c(cc1Br)OCO2. The van der Waals surface area contributed by atoms with Crippen LogP contribution in [0.5, 0.6) is 11.5 Å². The predicted molar refractivity (Wildman–Crippen MR) is 100 cm³/mol. The lowest BCUT2D eigenvalue weighted by molar-refractivity contribution is -0.129.